The van der Waals surface area contributed by atoms with E-state index < -0.39 is 10.0 Å². The molecule has 0 saturated carbocycles. The monoisotopic (exact) mass is 360 g/mol. The predicted octanol–water partition coefficient (Wildman–Crippen LogP) is 2.46. The average molecular weight is 360 g/mol. The lowest BCUT2D eigenvalue weighted by molar-refractivity contribution is 0.110. The van der Waals surface area contributed by atoms with E-state index in [1.54, 1.807) is 16.8 Å². The predicted molar refractivity (Wildman–Crippen MR) is 96.7 cm³/mol. The Labute approximate surface area is 149 Å². The van der Waals surface area contributed by atoms with E-state index in [9.17, 15) is 8.42 Å². The van der Waals surface area contributed by atoms with Crippen LogP contribution in [0, 0.1) is 0 Å². The summed E-state index contributed by atoms with van der Waals surface area (Å²) in [6.07, 6.45) is 6.66. The molecule has 2 aliphatic heterocycles. The van der Waals surface area contributed by atoms with Crippen molar-refractivity contribution in [2.45, 2.75) is 30.8 Å². The first-order valence-corrected chi connectivity index (χ1v) is 10.6. The molecule has 6 heteroatoms. The highest BCUT2D eigenvalue weighted by atomic mass is 32.2. The van der Waals surface area contributed by atoms with E-state index in [1.165, 1.54) is 11.8 Å². The minimum absolute atomic E-state index is 0.00875. The van der Waals surface area contributed by atoms with Crippen molar-refractivity contribution in [1.82, 2.24) is 9.21 Å². The number of sulfonamides is 1. The van der Waals surface area contributed by atoms with E-state index in [1.807, 2.05) is 12.1 Å². The molecule has 0 bridgehead atoms. The van der Waals surface area contributed by atoms with Crippen molar-refractivity contribution in [2.24, 2.45) is 0 Å². The molecular formula is C19H24N2O3S. The van der Waals surface area contributed by atoms with Crippen LogP contribution < -0.4 is 0 Å². The third-order valence-electron chi connectivity index (χ3n) is 5.83. The van der Waals surface area contributed by atoms with Crippen LogP contribution in [0.4, 0.5) is 0 Å². The molecule has 2 aromatic rings. The number of nitrogens with zero attached hydrogens (tertiary/aromatic N) is 2. The molecule has 2 fully saturated rings. The molecule has 2 saturated heterocycles. The molecule has 1 aromatic carbocycles. The van der Waals surface area contributed by atoms with Gasteiger partial charge in [0, 0.05) is 36.7 Å². The lowest BCUT2D eigenvalue weighted by atomic mass is 9.69. The molecule has 0 aliphatic carbocycles. The maximum atomic E-state index is 12.4. The van der Waals surface area contributed by atoms with Crippen molar-refractivity contribution >= 4 is 10.0 Å². The zero-order valence-electron chi connectivity index (χ0n) is 14.5. The molecule has 134 valence electrons. The van der Waals surface area contributed by atoms with Crippen LogP contribution in [0.15, 0.2) is 53.3 Å². The highest BCUT2D eigenvalue weighted by Crippen LogP contribution is 2.46. The number of piperidine rings is 1. The summed E-state index contributed by atoms with van der Waals surface area (Å²) in [7, 11) is -3.22. The smallest absolute Gasteiger partial charge is 0.211 e. The van der Waals surface area contributed by atoms with Gasteiger partial charge in [0.1, 0.15) is 0 Å². The van der Waals surface area contributed by atoms with Crippen LogP contribution in [-0.4, -0.2) is 49.6 Å². The van der Waals surface area contributed by atoms with Crippen LogP contribution in [0.2, 0.25) is 0 Å². The van der Waals surface area contributed by atoms with E-state index >= 15 is 0 Å². The molecule has 1 aromatic heterocycles. The molecule has 4 rings (SSSR count). The lowest BCUT2D eigenvalue weighted by Gasteiger charge is -2.46. The first kappa shape index (κ1) is 16.8. The van der Waals surface area contributed by atoms with Crippen LogP contribution in [0.5, 0.6) is 0 Å². The van der Waals surface area contributed by atoms with Gasteiger partial charge in [0.2, 0.25) is 10.0 Å². The van der Waals surface area contributed by atoms with Crippen molar-refractivity contribution in [1.29, 1.82) is 0 Å². The van der Waals surface area contributed by atoms with Crippen LogP contribution in [0.25, 0.3) is 0 Å². The van der Waals surface area contributed by atoms with E-state index in [-0.39, 0.29) is 11.5 Å². The Morgan fingerprint density at radius 1 is 1.16 bits per heavy atom. The topological polar surface area (TPSA) is 53.8 Å². The number of furan rings is 1. The summed E-state index contributed by atoms with van der Waals surface area (Å²) in [5, 5.41) is 0. The SMILES string of the molecule is CS(=O)(=O)N1CC[C@]2(c3ccccc3)CCN(Cc3ccoc3)C[C@@H]12. The van der Waals surface area contributed by atoms with Gasteiger partial charge in [-0.05, 0) is 31.0 Å². The van der Waals surface area contributed by atoms with Crippen LogP contribution in [0.3, 0.4) is 0 Å². The van der Waals surface area contributed by atoms with Gasteiger partial charge in [-0.2, -0.15) is 4.31 Å². The second kappa shape index (κ2) is 6.27. The summed E-state index contributed by atoms with van der Waals surface area (Å²) in [4.78, 5) is 2.35. The summed E-state index contributed by atoms with van der Waals surface area (Å²) in [6.45, 7) is 3.13. The fourth-order valence-electron chi connectivity index (χ4n) is 4.59. The largest absolute Gasteiger partial charge is 0.472 e. The third kappa shape index (κ3) is 3.03. The number of rotatable bonds is 4. The molecule has 2 aliphatic rings. The van der Waals surface area contributed by atoms with Crippen molar-refractivity contribution < 1.29 is 12.8 Å². The van der Waals surface area contributed by atoms with Gasteiger partial charge in [0.15, 0.2) is 0 Å². The fraction of sp³-hybridized carbons (Fsp3) is 0.474. The first-order chi connectivity index (χ1) is 12.0. The summed E-state index contributed by atoms with van der Waals surface area (Å²) in [5.41, 5.74) is 2.34. The van der Waals surface area contributed by atoms with Crippen molar-refractivity contribution in [3.8, 4) is 0 Å². The van der Waals surface area contributed by atoms with Gasteiger partial charge in [-0.15, -0.1) is 0 Å². The van der Waals surface area contributed by atoms with E-state index in [0.717, 1.165) is 38.0 Å². The zero-order valence-corrected chi connectivity index (χ0v) is 15.3. The number of likely N-dealkylation sites (tertiary alicyclic amines) is 1. The fourth-order valence-corrected chi connectivity index (χ4v) is 5.74. The molecule has 0 radical (unpaired) electrons. The van der Waals surface area contributed by atoms with Crippen LogP contribution in [-0.2, 0) is 22.0 Å². The van der Waals surface area contributed by atoms with Gasteiger partial charge in [0.05, 0.1) is 18.8 Å². The van der Waals surface area contributed by atoms with Crippen molar-refractivity contribution in [3.63, 3.8) is 0 Å². The minimum atomic E-state index is -3.22. The molecule has 0 unspecified atom stereocenters. The quantitative estimate of drug-likeness (QED) is 0.840. The van der Waals surface area contributed by atoms with E-state index in [0.29, 0.717) is 6.54 Å². The summed E-state index contributed by atoms with van der Waals surface area (Å²) < 4.78 is 31.7. The lowest BCUT2D eigenvalue weighted by Crippen LogP contribution is -2.56. The van der Waals surface area contributed by atoms with E-state index in [2.05, 4.69) is 29.2 Å². The van der Waals surface area contributed by atoms with Gasteiger partial charge in [0.25, 0.3) is 0 Å². The molecule has 0 spiro atoms. The average Bonchev–Trinajstić information content (AvgIpc) is 3.23. The Morgan fingerprint density at radius 2 is 1.92 bits per heavy atom. The number of hydrogen-bond donors (Lipinski definition) is 0. The second-order valence-corrected chi connectivity index (χ2v) is 9.21. The van der Waals surface area contributed by atoms with Crippen molar-refractivity contribution in [2.75, 3.05) is 25.9 Å². The summed E-state index contributed by atoms with van der Waals surface area (Å²) in [5.74, 6) is 0. The summed E-state index contributed by atoms with van der Waals surface area (Å²) in [6, 6.07) is 12.4. The molecule has 2 atom stereocenters. The van der Waals surface area contributed by atoms with Gasteiger partial charge in [-0.3, -0.25) is 4.90 Å². The minimum Gasteiger partial charge on any atom is -0.472 e. The van der Waals surface area contributed by atoms with Crippen molar-refractivity contribution in [3.05, 3.63) is 60.1 Å². The molecule has 25 heavy (non-hydrogen) atoms. The highest BCUT2D eigenvalue weighted by molar-refractivity contribution is 7.88. The van der Waals surface area contributed by atoms with Gasteiger partial charge in [-0.1, -0.05) is 30.3 Å². The van der Waals surface area contributed by atoms with Gasteiger partial charge >= 0.3 is 0 Å². The van der Waals surface area contributed by atoms with E-state index in [4.69, 9.17) is 4.42 Å². The zero-order chi connectivity index (χ0) is 17.5. The Balaban J connectivity index is 1.66. The normalized spacial score (nSPS) is 28.1. The maximum Gasteiger partial charge on any atom is 0.211 e. The molecule has 0 amide bonds. The summed E-state index contributed by atoms with van der Waals surface area (Å²) >= 11 is 0. The van der Waals surface area contributed by atoms with Crippen LogP contribution in [0.1, 0.15) is 24.0 Å². The van der Waals surface area contributed by atoms with Gasteiger partial charge in [-0.25, -0.2) is 8.42 Å². The first-order valence-electron chi connectivity index (χ1n) is 8.75. The Morgan fingerprint density at radius 3 is 2.60 bits per heavy atom. The third-order valence-corrected chi connectivity index (χ3v) is 7.12. The molecule has 5 nitrogen and oxygen atoms in total. The molecule has 0 N–H and O–H groups in total. The standard InChI is InChI=1S/C19H24N2O3S/c1-25(22,23)21-11-9-19(17-5-3-2-4-6-17)8-10-20(14-18(19)21)13-16-7-12-24-15-16/h2-7,12,15,18H,8-11,13-14H2,1H3/t18-,19+/m1/s1. The number of fused-ring (bicyclic) bond motifs is 1. The second-order valence-electron chi connectivity index (χ2n) is 7.28. The molecule has 3 heterocycles. The van der Waals surface area contributed by atoms with Gasteiger partial charge < -0.3 is 4.42 Å². The maximum absolute atomic E-state index is 12.4. The Kier molecular flexibility index (Phi) is 4.22. The number of hydrogen-bond acceptors (Lipinski definition) is 4. The Hall–Kier alpha value is -1.63. The van der Waals surface area contributed by atoms with Crippen LogP contribution >= 0.6 is 0 Å². The molecular weight excluding hydrogens is 336 g/mol. The highest BCUT2D eigenvalue weighted by Gasteiger charge is 2.53. The number of benzene rings is 1. The Bertz CT molecular complexity index is 820.